The summed E-state index contributed by atoms with van der Waals surface area (Å²) in [6.45, 7) is -3.08. The predicted octanol–water partition coefficient (Wildman–Crippen LogP) is 5.27. The van der Waals surface area contributed by atoms with Gasteiger partial charge in [0.25, 0.3) is 5.56 Å². The summed E-state index contributed by atoms with van der Waals surface area (Å²) in [6, 6.07) is 10.2. The van der Waals surface area contributed by atoms with Gasteiger partial charge in [-0.15, -0.1) is 0 Å². The molecule has 0 bridgehead atoms. The van der Waals surface area contributed by atoms with E-state index >= 15 is 0 Å². The Kier molecular flexibility index (Phi) is 6.44. The fraction of sp³-hybridized carbons (Fsp3) is 0.167. The van der Waals surface area contributed by atoms with Gasteiger partial charge in [0.15, 0.2) is 11.5 Å². The van der Waals surface area contributed by atoms with Crippen LogP contribution in [0.2, 0.25) is 0 Å². The molecule has 4 aromatic rings. The highest BCUT2D eigenvalue weighted by Crippen LogP contribution is 2.37. The highest BCUT2D eigenvalue weighted by molar-refractivity contribution is 5.97. The molecule has 2 aromatic carbocycles. The molecule has 0 saturated heterocycles. The van der Waals surface area contributed by atoms with E-state index in [1.807, 2.05) is 0 Å². The van der Waals surface area contributed by atoms with Gasteiger partial charge in [-0.3, -0.25) is 14.3 Å². The van der Waals surface area contributed by atoms with Gasteiger partial charge in [0, 0.05) is 11.9 Å². The molecule has 0 amide bonds. The van der Waals surface area contributed by atoms with E-state index in [9.17, 15) is 26.7 Å². The Hall–Kier alpha value is -4.35. The lowest BCUT2D eigenvalue weighted by atomic mass is 10.0. The summed E-state index contributed by atoms with van der Waals surface area (Å²) in [5.74, 6) is 0.466. The maximum atomic E-state index is 13.7. The van der Waals surface area contributed by atoms with E-state index < -0.39 is 23.9 Å². The molecular weight excluding hydrogens is 489 g/mol. The molecule has 4 rings (SSSR count). The molecule has 2 N–H and O–H groups in total. The average Bonchev–Trinajstić information content (AvgIpc) is 2.83. The van der Waals surface area contributed by atoms with Crippen LogP contribution in [0.25, 0.3) is 27.8 Å². The van der Waals surface area contributed by atoms with Crippen molar-refractivity contribution in [2.24, 2.45) is 0 Å². The number of aromatic nitrogens is 2. The second-order valence-corrected chi connectivity index (χ2v) is 7.46. The van der Waals surface area contributed by atoms with Crippen molar-refractivity contribution < 1.29 is 36.2 Å². The lowest BCUT2D eigenvalue weighted by Gasteiger charge is -2.18. The highest BCUT2D eigenvalue weighted by atomic mass is 19.4. The summed E-state index contributed by atoms with van der Waals surface area (Å²) in [5, 5.41) is 0. The molecule has 0 radical (unpaired) electrons. The Balaban J connectivity index is 2.05. The second kappa shape index (κ2) is 9.36. The molecule has 0 atom stereocenters. The number of anilines is 1. The zero-order chi connectivity index (χ0) is 26.2. The molecule has 12 heteroatoms. The van der Waals surface area contributed by atoms with E-state index in [2.05, 4.69) is 9.72 Å². The summed E-state index contributed by atoms with van der Waals surface area (Å²) < 4.78 is 81.2. The van der Waals surface area contributed by atoms with Crippen LogP contribution < -0.4 is 25.5 Å². The number of halogens is 5. The molecule has 2 aromatic heterocycles. The van der Waals surface area contributed by atoms with E-state index in [1.165, 1.54) is 44.6 Å². The smallest absolute Gasteiger partial charge is 0.417 e. The number of rotatable bonds is 6. The normalized spacial score (nSPS) is 11.7. The summed E-state index contributed by atoms with van der Waals surface area (Å²) in [5.41, 5.74) is 4.28. The van der Waals surface area contributed by atoms with Crippen molar-refractivity contribution in [1.29, 1.82) is 0 Å². The maximum Gasteiger partial charge on any atom is 0.417 e. The lowest BCUT2D eigenvalue weighted by Crippen LogP contribution is -2.23. The van der Waals surface area contributed by atoms with E-state index in [-0.39, 0.29) is 39.5 Å². The van der Waals surface area contributed by atoms with Crippen LogP contribution in [0.1, 0.15) is 5.56 Å². The van der Waals surface area contributed by atoms with Crippen LogP contribution in [0.15, 0.2) is 59.5 Å². The van der Waals surface area contributed by atoms with Gasteiger partial charge in [0.1, 0.15) is 11.3 Å². The van der Waals surface area contributed by atoms with Gasteiger partial charge in [0.05, 0.1) is 36.6 Å². The number of hydrogen-bond donors (Lipinski definition) is 1. The van der Waals surface area contributed by atoms with Gasteiger partial charge < -0.3 is 19.9 Å². The maximum absolute atomic E-state index is 13.7. The van der Waals surface area contributed by atoms with Gasteiger partial charge in [-0.05, 0) is 48.0 Å². The van der Waals surface area contributed by atoms with Crippen molar-refractivity contribution >= 4 is 16.7 Å². The van der Waals surface area contributed by atoms with Crippen LogP contribution in [-0.2, 0) is 6.18 Å². The molecule has 7 nitrogen and oxygen atoms in total. The monoisotopic (exact) mass is 507 g/mol. The number of nitrogen functional groups attached to an aromatic ring is 1. The minimum atomic E-state index is -4.74. The molecule has 2 heterocycles. The molecule has 0 fully saturated rings. The van der Waals surface area contributed by atoms with Crippen LogP contribution in [0.3, 0.4) is 0 Å². The number of methoxy groups -OCH3 is 2. The Morgan fingerprint density at radius 1 is 0.972 bits per heavy atom. The molecule has 0 aliphatic carbocycles. The SMILES string of the molecule is COc1ccc(-c2c(N)c3ncc(C(F)(F)F)cc3n(-c3ccc(OC(F)F)cc3)c2=O)cc1OC. The number of benzene rings is 2. The fourth-order valence-electron chi connectivity index (χ4n) is 3.74. The van der Waals surface area contributed by atoms with Crippen molar-refractivity contribution in [1.82, 2.24) is 9.55 Å². The zero-order valence-electron chi connectivity index (χ0n) is 18.8. The second-order valence-electron chi connectivity index (χ2n) is 7.46. The first-order valence-electron chi connectivity index (χ1n) is 10.2. The van der Waals surface area contributed by atoms with Crippen molar-refractivity contribution in [2.45, 2.75) is 12.8 Å². The molecule has 0 spiro atoms. The molecule has 36 heavy (non-hydrogen) atoms. The van der Waals surface area contributed by atoms with E-state index in [0.717, 1.165) is 22.8 Å². The van der Waals surface area contributed by atoms with E-state index in [1.54, 1.807) is 0 Å². The van der Waals surface area contributed by atoms with Gasteiger partial charge in [0.2, 0.25) is 0 Å². The zero-order valence-corrected chi connectivity index (χ0v) is 18.8. The number of alkyl halides is 5. The summed E-state index contributed by atoms with van der Waals surface area (Å²) in [6.07, 6.45) is -4.13. The predicted molar refractivity (Wildman–Crippen MR) is 122 cm³/mol. The van der Waals surface area contributed by atoms with Gasteiger partial charge in [-0.2, -0.15) is 22.0 Å². The van der Waals surface area contributed by atoms with Gasteiger partial charge >= 0.3 is 12.8 Å². The number of ether oxygens (including phenoxy) is 3. The van der Waals surface area contributed by atoms with Crippen molar-refractivity contribution in [3.63, 3.8) is 0 Å². The van der Waals surface area contributed by atoms with Crippen molar-refractivity contribution in [3.8, 4) is 34.1 Å². The first kappa shape index (κ1) is 24.8. The molecular formula is C24H18F5N3O4. The molecule has 0 unspecified atom stereocenters. The first-order chi connectivity index (χ1) is 17.0. The fourth-order valence-corrected chi connectivity index (χ4v) is 3.74. The van der Waals surface area contributed by atoms with Gasteiger partial charge in [-0.25, -0.2) is 0 Å². The minimum absolute atomic E-state index is 0.0522. The standard InChI is InChI=1S/C24H18F5N3O4/c1-34-17-8-3-12(9-18(17)35-2)19-20(30)21-16(10-13(11-31-21)24(27,28)29)32(22(19)33)14-4-6-15(7-5-14)36-23(25)26/h3-11,23H,30H2,1-2H3. The van der Waals surface area contributed by atoms with Crippen molar-refractivity contribution in [2.75, 3.05) is 20.0 Å². The molecule has 188 valence electrons. The van der Waals surface area contributed by atoms with Crippen molar-refractivity contribution in [3.05, 3.63) is 70.6 Å². The highest BCUT2D eigenvalue weighted by Gasteiger charge is 2.32. The summed E-state index contributed by atoms with van der Waals surface area (Å²) in [4.78, 5) is 17.6. The van der Waals surface area contributed by atoms with E-state index in [0.29, 0.717) is 17.5 Å². The number of pyridine rings is 2. The topological polar surface area (TPSA) is 88.6 Å². The average molecular weight is 507 g/mol. The Morgan fingerprint density at radius 3 is 2.22 bits per heavy atom. The number of hydrogen-bond acceptors (Lipinski definition) is 6. The van der Waals surface area contributed by atoms with Crippen LogP contribution >= 0.6 is 0 Å². The Morgan fingerprint density at radius 2 is 1.64 bits per heavy atom. The third-order valence-corrected chi connectivity index (χ3v) is 5.37. The first-order valence-corrected chi connectivity index (χ1v) is 10.2. The van der Waals surface area contributed by atoms with Crippen LogP contribution in [0.4, 0.5) is 27.6 Å². The quantitative estimate of drug-likeness (QED) is 0.358. The lowest BCUT2D eigenvalue weighted by molar-refractivity contribution is -0.137. The largest absolute Gasteiger partial charge is 0.493 e. The molecule has 0 saturated carbocycles. The van der Waals surface area contributed by atoms with Gasteiger partial charge in [-0.1, -0.05) is 6.07 Å². The molecule has 0 aliphatic heterocycles. The van der Waals surface area contributed by atoms with Crippen LogP contribution in [0.5, 0.6) is 17.2 Å². The Labute approximate surface area is 200 Å². The van der Waals surface area contributed by atoms with Crippen LogP contribution in [-0.4, -0.2) is 30.4 Å². The number of fused-ring (bicyclic) bond motifs is 1. The van der Waals surface area contributed by atoms with E-state index in [4.69, 9.17) is 15.2 Å². The number of nitrogens with zero attached hydrogens (tertiary/aromatic N) is 2. The molecule has 0 aliphatic rings. The summed E-state index contributed by atoms with van der Waals surface area (Å²) >= 11 is 0. The third-order valence-electron chi connectivity index (χ3n) is 5.37. The summed E-state index contributed by atoms with van der Waals surface area (Å²) in [7, 11) is 2.82. The minimum Gasteiger partial charge on any atom is -0.493 e. The van der Waals surface area contributed by atoms with Crippen LogP contribution in [0, 0.1) is 0 Å². The Bertz CT molecular complexity index is 1480. The third kappa shape index (κ3) is 4.49. The number of nitrogens with two attached hydrogens (primary N) is 1.